The summed E-state index contributed by atoms with van der Waals surface area (Å²) in [7, 11) is 0. The number of amides is 4. The zero-order valence-electron chi connectivity index (χ0n) is 19.7. The van der Waals surface area contributed by atoms with Gasteiger partial charge in [-0.05, 0) is 56.4 Å². The second-order valence-corrected chi connectivity index (χ2v) is 8.81. The van der Waals surface area contributed by atoms with Gasteiger partial charge in [-0.1, -0.05) is 13.8 Å². The normalized spacial score (nSPS) is 17.1. The number of nitrogen functional groups attached to an aromatic ring is 1. The van der Waals surface area contributed by atoms with Crippen molar-refractivity contribution in [1.82, 2.24) is 20.9 Å². The van der Waals surface area contributed by atoms with Gasteiger partial charge in [0.05, 0.1) is 6.54 Å². The molecule has 186 valence electrons. The highest BCUT2D eigenvalue weighted by molar-refractivity contribution is 5.98. The highest BCUT2D eigenvalue weighted by Gasteiger charge is 2.36. The van der Waals surface area contributed by atoms with Crippen molar-refractivity contribution in [3.8, 4) is 0 Å². The Hall–Kier alpha value is -3.63. The van der Waals surface area contributed by atoms with Crippen LogP contribution in [-0.2, 0) is 19.2 Å². The van der Waals surface area contributed by atoms with Crippen LogP contribution in [0.3, 0.4) is 0 Å². The Morgan fingerprint density at radius 2 is 1.74 bits per heavy atom. The van der Waals surface area contributed by atoms with E-state index in [1.807, 2.05) is 13.8 Å². The fourth-order valence-electron chi connectivity index (χ4n) is 3.68. The third-order valence-electron chi connectivity index (χ3n) is 5.52. The quantitative estimate of drug-likeness (QED) is 0.299. The first-order chi connectivity index (χ1) is 16.0. The minimum atomic E-state index is -1.18. The van der Waals surface area contributed by atoms with Crippen LogP contribution in [0.2, 0.25) is 0 Å². The third-order valence-corrected chi connectivity index (χ3v) is 5.52. The molecule has 1 aromatic carbocycles. The Balaban J connectivity index is 1.99. The van der Waals surface area contributed by atoms with E-state index >= 15 is 0 Å². The fourth-order valence-corrected chi connectivity index (χ4v) is 3.68. The average Bonchev–Trinajstić information content (AvgIpc) is 3.27. The first-order valence-corrected chi connectivity index (χ1v) is 11.3. The molecular formula is C23H33N5O6. The van der Waals surface area contributed by atoms with Gasteiger partial charge in [-0.3, -0.25) is 24.0 Å². The maximum Gasteiger partial charge on any atom is 0.325 e. The molecule has 0 radical (unpaired) electrons. The average molecular weight is 476 g/mol. The molecule has 1 heterocycles. The molecule has 2 rings (SSSR count). The van der Waals surface area contributed by atoms with Gasteiger partial charge in [-0.25, -0.2) is 0 Å². The van der Waals surface area contributed by atoms with Gasteiger partial charge in [0, 0.05) is 17.8 Å². The number of hydrogen-bond acceptors (Lipinski definition) is 6. The molecule has 3 atom stereocenters. The lowest BCUT2D eigenvalue weighted by Gasteiger charge is -2.27. The minimum absolute atomic E-state index is 0.0565. The summed E-state index contributed by atoms with van der Waals surface area (Å²) >= 11 is 0. The monoisotopic (exact) mass is 475 g/mol. The van der Waals surface area contributed by atoms with Crippen molar-refractivity contribution in [1.29, 1.82) is 0 Å². The Bertz CT molecular complexity index is 917. The number of carboxylic acid groups (broad SMARTS) is 1. The van der Waals surface area contributed by atoms with Crippen LogP contribution in [0, 0.1) is 5.92 Å². The summed E-state index contributed by atoms with van der Waals surface area (Å²) in [6, 6.07) is 3.45. The molecule has 11 heteroatoms. The number of likely N-dealkylation sites (tertiary alicyclic amines) is 1. The van der Waals surface area contributed by atoms with Gasteiger partial charge in [0.25, 0.3) is 5.91 Å². The van der Waals surface area contributed by atoms with Crippen molar-refractivity contribution < 1.29 is 29.1 Å². The molecule has 34 heavy (non-hydrogen) atoms. The van der Waals surface area contributed by atoms with Crippen LogP contribution >= 0.6 is 0 Å². The number of nitrogens with two attached hydrogens (primary N) is 1. The Morgan fingerprint density at radius 3 is 2.32 bits per heavy atom. The van der Waals surface area contributed by atoms with Gasteiger partial charge in [0.2, 0.25) is 17.7 Å². The zero-order chi connectivity index (χ0) is 25.4. The summed E-state index contributed by atoms with van der Waals surface area (Å²) in [5.74, 6) is -3.05. The van der Waals surface area contributed by atoms with E-state index in [-0.39, 0.29) is 12.5 Å². The number of carbonyl (C=O) groups excluding carboxylic acids is 4. The first-order valence-electron chi connectivity index (χ1n) is 11.3. The van der Waals surface area contributed by atoms with Crippen LogP contribution in [0.4, 0.5) is 5.69 Å². The smallest absolute Gasteiger partial charge is 0.325 e. The van der Waals surface area contributed by atoms with E-state index in [1.54, 1.807) is 24.3 Å². The standard InChI is InChI=1S/C23H33N5O6/c1-13(2)11-17(21(31)26-14(3)23(33)34)27-22(32)18-5-4-10-28(18)19(29)12-25-20(30)15-6-8-16(24)9-7-15/h6-9,13-14,17-18H,4-5,10-12,24H2,1-3H3,(H,25,30)(H,26,31)(H,27,32)(H,33,34)/t14-,17-,18-/m0/s1. The van der Waals surface area contributed by atoms with Crippen molar-refractivity contribution in [2.75, 3.05) is 18.8 Å². The van der Waals surface area contributed by atoms with Crippen LogP contribution in [0.1, 0.15) is 50.4 Å². The number of rotatable bonds is 10. The van der Waals surface area contributed by atoms with E-state index < -0.39 is 47.7 Å². The fraction of sp³-hybridized carbons (Fsp3) is 0.522. The summed E-state index contributed by atoms with van der Waals surface area (Å²) in [6.45, 7) is 5.17. The number of anilines is 1. The van der Waals surface area contributed by atoms with E-state index in [0.29, 0.717) is 37.1 Å². The number of nitrogens with zero attached hydrogens (tertiary/aromatic N) is 1. The van der Waals surface area contributed by atoms with Gasteiger partial charge in [0.1, 0.15) is 18.1 Å². The highest BCUT2D eigenvalue weighted by atomic mass is 16.4. The molecular weight excluding hydrogens is 442 g/mol. The molecule has 1 aliphatic heterocycles. The van der Waals surface area contributed by atoms with E-state index in [1.165, 1.54) is 11.8 Å². The molecule has 1 saturated heterocycles. The zero-order valence-corrected chi connectivity index (χ0v) is 19.7. The summed E-state index contributed by atoms with van der Waals surface area (Å²) in [5, 5.41) is 16.6. The molecule has 4 amide bonds. The van der Waals surface area contributed by atoms with Gasteiger partial charge in [-0.2, -0.15) is 0 Å². The second-order valence-electron chi connectivity index (χ2n) is 8.81. The van der Waals surface area contributed by atoms with Gasteiger partial charge in [-0.15, -0.1) is 0 Å². The van der Waals surface area contributed by atoms with E-state index in [2.05, 4.69) is 16.0 Å². The van der Waals surface area contributed by atoms with Gasteiger partial charge in [0.15, 0.2) is 0 Å². The number of benzene rings is 1. The summed E-state index contributed by atoms with van der Waals surface area (Å²) in [6.07, 6.45) is 1.33. The minimum Gasteiger partial charge on any atom is -0.480 e. The van der Waals surface area contributed by atoms with Crippen LogP contribution in [-0.4, -0.2) is 70.8 Å². The molecule has 0 spiro atoms. The van der Waals surface area contributed by atoms with Crippen LogP contribution in [0.25, 0.3) is 0 Å². The predicted molar refractivity (Wildman–Crippen MR) is 125 cm³/mol. The highest BCUT2D eigenvalue weighted by Crippen LogP contribution is 2.18. The number of carboxylic acids is 1. The lowest BCUT2D eigenvalue weighted by Crippen LogP contribution is -2.55. The van der Waals surface area contributed by atoms with Gasteiger partial charge >= 0.3 is 5.97 Å². The van der Waals surface area contributed by atoms with Crippen LogP contribution in [0.15, 0.2) is 24.3 Å². The maximum absolute atomic E-state index is 13.0. The maximum atomic E-state index is 13.0. The largest absolute Gasteiger partial charge is 0.480 e. The van der Waals surface area contributed by atoms with E-state index in [4.69, 9.17) is 10.8 Å². The molecule has 11 nitrogen and oxygen atoms in total. The Kier molecular flexibility index (Phi) is 9.40. The van der Waals surface area contributed by atoms with Crippen LogP contribution in [0.5, 0.6) is 0 Å². The molecule has 1 fully saturated rings. The molecule has 0 saturated carbocycles. The second kappa shape index (κ2) is 12.0. The molecule has 6 N–H and O–H groups in total. The number of aliphatic carboxylic acids is 1. The Labute approximate surface area is 198 Å². The van der Waals surface area contributed by atoms with Crippen molar-refractivity contribution in [2.45, 2.75) is 58.2 Å². The summed E-state index contributed by atoms with van der Waals surface area (Å²) in [5.41, 5.74) is 6.48. The number of carbonyl (C=O) groups is 5. The van der Waals surface area contributed by atoms with Crippen molar-refractivity contribution in [2.24, 2.45) is 5.92 Å². The Morgan fingerprint density at radius 1 is 1.09 bits per heavy atom. The van der Waals surface area contributed by atoms with Gasteiger partial charge < -0.3 is 31.7 Å². The SMILES string of the molecule is CC(C)C[C@H](NC(=O)[C@@H]1CCCN1C(=O)CNC(=O)c1ccc(N)cc1)C(=O)N[C@@H](C)C(=O)O. The summed E-state index contributed by atoms with van der Waals surface area (Å²) < 4.78 is 0. The predicted octanol–water partition coefficient (Wildman–Crippen LogP) is 0.110. The number of hydrogen-bond donors (Lipinski definition) is 5. The van der Waals surface area contributed by atoms with Crippen molar-refractivity contribution >= 4 is 35.3 Å². The molecule has 0 aliphatic carbocycles. The lowest BCUT2D eigenvalue weighted by molar-refractivity contribution is -0.142. The van der Waals surface area contributed by atoms with Crippen LogP contribution < -0.4 is 21.7 Å². The van der Waals surface area contributed by atoms with Crippen molar-refractivity contribution in [3.63, 3.8) is 0 Å². The third kappa shape index (κ3) is 7.46. The van der Waals surface area contributed by atoms with Crippen molar-refractivity contribution in [3.05, 3.63) is 29.8 Å². The van der Waals surface area contributed by atoms with E-state index in [9.17, 15) is 24.0 Å². The molecule has 0 unspecified atom stereocenters. The van der Waals surface area contributed by atoms with E-state index in [0.717, 1.165) is 0 Å². The molecule has 0 bridgehead atoms. The molecule has 1 aliphatic rings. The lowest BCUT2D eigenvalue weighted by atomic mass is 10.0. The summed E-state index contributed by atoms with van der Waals surface area (Å²) in [4.78, 5) is 63.0. The molecule has 0 aromatic heterocycles. The number of nitrogens with one attached hydrogen (secondary N) is 3. The molecule has 1 aromatic rings. The topological polar surface area (TPSA) is 171 Å². The first kappa shape index (κ1) is 26.6.